The summed E-state index contributed by atoms with van der Waals surface area (Å²) in [4.78, 5) is 6.47. The molecule has 1 unspecified atom stereocenters. The van der Waals surface area contributed by atoms with E-state index in [0.29, 0.717) is 16.2 Å². The van der Waals surface area contributed by atoms with E-state index in [2.05, 4.69) is 28.1 Å². The van der Waals surface area contributed by atoms with E-state index in [4.69, 9.17) is 22.7 Å². The maximum Gasteiger partial charge on any atom is 0.259 e. The number of ether oxygens (including phenoxy) is 1. The predicted molar refractivity (Wildman–Crippen MR) is 96.4 cm³/mol. The number of thiocarbonyl (C=S) groups is 1. The van der Waals surface area contributed by atoms with Gasteiger partial charge >= 0.3 is 0 Å². The minimum Gasteiger partial charge on any atom is -0.465 e. The fourth-order valence-electron chi connectivity index (χ4n) is 2.74. The molecule has 1 aromatic carbocycles. The Balaban J connectivity index is 1.72. The van der Waals surface area contributed by atoms with Crippen LogP contribution in [0.3, 0.4) is 0 Å². The van der Waals surface area contributed by atoms with Gasteiger partial charge in [-0.2, -0.15) is 0 Å². The number of benzene rings is 1. The molecular formula is C16H21N3OS2. The first kappa shape index (κ1) is 15.5. The van der Waals surface area contributed by atoms with Crippen LogP contribution in [0, 0.1) is 0 Å². The Hall–Kier alpha value is -1.40. The smallest absolute Gasteiger partial charge is 0.259 e. The molecule has 0 radical (unpaired) electrons. The summed E-state index contributed by atoms with van der Waals surface area (Å²) in [5.74, 6) is 0.481. The van der Waals surface area contributed by atoms with Crippen LogP contribution in [-0.2, 0) is 4.74 Å². The van der Waals surface area contributed by atoms with E-state index in [9.17, 15) is 0 Å². The molecule has 0 spiro atoms. The highest BCUT2D eigenvalue weighted by molar-refractivity contribution is 7.80. The minimum atomic E-state index is -0.242. The summed E-state index contributed by atoms with van der Waals surface area (Å²) < 4.78 is 6.97. The Morgan fingerprint density at radius 1 is 1.45 bits per heavy atom. The van der Waals surface area contributed by atoms with Gasteiger partial charge in [0.05, 0.1) is 10.2 Å². The number of nitrogens with two attached hydrogens (primary N) is 1. The number of fused-ring (bicyclic) bond motifs is 1. The average molecular weight is 335 g/mol. The van der Waals surface area contributed by atoms with Crippen LogP contribution in [0.15, 0.2) is 18.2 Å². The number of hydrogen-bond donors (Lipinski definition) is 1. The highest BCUT2D eigenvalue weighted by atomic mass is 32.1. The second kappa shape index (κ2) is 5.66. The van der Waals surface area contributed by atoms with Gasteiger partial charge in [0.1, 0.15) is 5.60 Å². The summed E-state index contributed by atoms with van der Waals surface area (Å²) in [5.41, 5.74) is 7.85. The lowest BCUT2D eigenvalue weighted by Gasteiger charge is -2.27. The number of nitrogen functional groups attached to an aromatic ring is 1. The zero-order valence-corrected chi connectivity index (χ0v) is 14.8. The molecule has 1 aromatic heterocycles. The van der Waals surface area contributed by atoms with Crippen LogP contribution < -0.4 is 5.73 Å². The lowest BCUT2D eigenvalue weighted by Crippen LogP contribution is -2.35. The molecule has 2 heterocycles. The summed E-state index contributed by atoms with van der Waals surface area (Å²) >= 11 is 6.97. The number of anilines is 1. The zero-order chi connectivity index (χ0) is 15.9. The lowest BCUT2D eigenvalue weighted by molar-refractivity contribution is 0.0975. The summed E-state index contributed by atoms with van der Waals surface area (Å²) in [6.07, 6.45) is 1.09. The molecule has 0 saturated carbocycles. The molecule has 6 heteroatoms. The van der Waals surface area contributed by atoms with Gasteiger partial charge in [-0.3, -0.25) is 0 Å². The van der Waals surface area contributed by atoms with Gasteiger partial charge < -0.3 is 15.4 Å². The van der Waals surface area contributed by atoms with Crippen molar-refractivity contribution in [3.05, 3.63) is 23.8 Å². The molecule has 0 bridgehead atoms. The first-order chi connectivity index (χ1) is 10.3. The quantitative estimate of drug-likeness (QED) is 0.804. The van der Waals surface area contributed by atoms with Gasteiger partial charge in [-0.15, -0.1) is 0 Å². The largest absolute Gasteiger partial charge is 0.465 e. The molecular weight excluding hydrogens is 314 g/mol. The monoisotopic (exact) mass is 335 g/mol. The topological polar surface area (TPSA) is 51.4 Å². The Morgan fingerprint density at radius 3 is 2.95 bits per heavy atom. The van der Waals surface area contributed by atoms with E-state index in [-0.39, 0.29) is 5.60 Å². The molecule has 0 amide bonds. The molecule has 2 N–H and O–H groups in total. The molecule has 1 aliphatic rings. The summed E-state index contributed by atoms with van der Waals surface area (Å²) in [6.45, 7) is 7.93. The van der Waals surface area contributed by atoms with Crippen molar-refractivity contribution in [1.29, 1.82) is 0 Å². The Kier molecular flexibility index (Phi) is 3.99. The van der Waals surface area contributed by atoms with Crippen LogP contribution >= 0.6 is 23.6 Å². The van der Waals surface area contributed by atoms with E-state index in [1.54, 1.807) is 11.3 Å². The second-order valence-corrected chi connectivity index (χ2v) is 8.10. The molecule has 1 fully saturated rings. The van der Waals surface area contributed by atoms with Gasteiger partial charge in [0.25, 0.3) is 5.17 Å². The van der Waals surface area contributed by atoms with Gasteiger partial charge in [0, 0.05) is 19.0 Å². The van der Waals surface area contributed by atoms with Crippen molar-refractivity contribution in [2.45, 2.75) is 38.7 Å². The minimum absolute atomic E-state index is 0.242. The normalized spacial score (nSPS) is 18.9. The summed E-state index contributed by atoms with van der Waals surface area (Å²) in [7, 11) is 0. The van der Waals surface area contributed by atoms with Crippen LogP contribution in [0.25, 0.3) is 10.2 Å². The van der Waals surface area contributed by atoms with Crippen LogP contribution in [-0.4, -0.2) is 33.7 Å². The third-order valence-corrected chi connectivity index (χ3v) is 4.93. The van der Waals surface area contributed by atoms with E-state index >= 15 is 0 Å². The molecule has 22 heavy (non-hydrogen) atoms. The van der Waals surface area contributed by atoms with E-state index in [0.717, 1.165) is 29.7 Å². The van der Waals surface area contributed by atoms with Crippen molar-refractivity contribution in [3.63, 3.8) is 0 Å². The zero-order valence-electron chi connectivity index (χ0n) is 13.1. The number of thiazole rings is 1. The highest BCUT2D eigenvalue weighted by Gasteiger charge is 2.28. The third-order valence-electron chi connectivity index (χ3n) is 3.74. The van der Waals surface area contributed by atoms with Gasteiger partial charge in [0.15, 0.2) is 5.13 Å². The van der Waals surface area contributed by atoms with Crippen LogP contribution in [0.2, 0.25) is 0 Å². The van der Waals surface area contributed by atoms with Gasteiger partial charge in [-0.1, -0.05) is 17.4 Å². The molecule has 1 atom stereocenters. The lowest BCUT2D eigenvalue weighted by atomic mass is 9.98. The number of aromatic nitrogens is 1. The van der Waals surface area contributed by atoms with Gasteiger partial charge in [-0.25, -0.2) is 4.98 Å². The van der Waals surface area contributed by atoms with Crippen molar-refractivity contribution < 1.29 is 4.74 Å². The molecule has 0 aliphatic carbocycles. The predicted octanol–water partition coefficient (Wildman–Crippen LogP) is 3.77. The first-order valence-corrected chi connectivity index (χ1v) is 8.68. The Morgan fingerprint density at radius 2 is 2.23 bits per heavy atom. The maximum atomic E-state index is 5.81. The Bertz CT molecular complexity index is 705. The summed E-state index contributed by atoms with van der Waals surface area (Å²) in [6, 6.07) is 6.43. The van der Waals surface area contributed by atoms with Crippen molar-refractivity contribution in [2.75, 3.05) is 18.8 Å². The van der Waals surface area contributed by atoms with Crippen LogP contribution in [0.1, 0.15) is 38.7 Å². The van der Waals surface area contributed by atoms with Crippen molar-refractivity contribution >= 4 is 44.1 Å². The average Bonchev–Trinajstić information content (AvgIpc) is 3.00. The van der Waals surface area contributed by atoms with E-state index < -0.39 is 0 Å². The van der Waals surface area contributed by atoms with Crippen LogP contribution in [0.5, 0.6) is 0 Å². The molecule has 118 valence electrons. The second-order valence-electron chi connectivity index (χ2n) is 6.69. The number of hydrogen-bond acceptors (Lipinski definition) is 5. The molecule has 4 nitrogen and oxygen atoms in total. The van der Waals surface area contributed by atoms with Gasteiger partial charge in [-0.05, 0) is 57.1 Å². The molecule has 2 aromatic rings. The standard InChI is InChI=1S/C16H21N3OS2/c1-16(2,3)20-15(21)19-7-6-11(9-19)10-4-5-12-13(8-10)22-14(17)18-12/h4-5,8,11H,6-7,9H2,1-3H3,(H2,17,18). The first-order valence-electron chi connectivity index (χ1n) is 7.46. The van der Waals surface area contributed by atoms with Crippen molar-refractivity contribution in [1.82, 2.24) is 9.88 Å². The van der Waals surface area contributed by atoms with Crippen LogP contribution in [0.4, 0.5) is 5.13 Å². The maximum absolute atomic E-state index is 5.81. The number of likely N-dealkylation sites (tertiary alicyclic amines) is 1. The van der Waals surface area contributed by atoms with E-state index in [1.165, 1.54) is 5.56 Å². The third kappa shape index (κ3) is 3.33. The number of rotatable bonds is 1. The molecule has 3 rings (SSSR count). The summed E-state index contributed by atoms with van der Waals surface area (Å²) in [5, 5.41) is 1.23. The van der Waals surface area contributed by atoms with Crippen molar-refractivity contribution in [2.24, 2.45) is 0 Å². The van der Waals surface area contributed by atoms with Crippen molar-refractivity contribution in [3.8, 4) is 0 Å². The Labute approximate surface area is 140 Å². The number of nitrogens with zero attached hydrogens (tertiary/aromatic N) is 2. The van der Waals surface area contributed by atoms with Gasteiger partial charge in [0.2, 0.25) is 0 Å². The molecule has 1 aliphatic heterocycles. The SMILES string of the molecule is CC(C)(C)OC(=S)N1CCC(c2ccc3nc(N)sc3c2)C1. The fraction of sp³-hybridized carbons (Fsp3) is 0.500. The molecule has 1 saturated heterocycles. The van der Waals surface area contributed by atoms with E-state index in [1.807, 2.05) is 20.8 Å². The highest BCUT2D eigenvalue weighted by Crippen LogP contribution is 2.32. The fourth-order valence-corrected chi connectivity index (χ4v) is 3.94.